The fourth-order valence-corrected chi connectivity index (χ4v) is 2.77. The molecular weight excluding hydrogens is 450 g/mol. The van der Waals surface area contributed by atoms with Crippen molar-refractivity contribution in [2.45, 2.75) is 52.5 Å². The van der Waals surface area contributed by atoms with Crippen molar-refractivity contribution in [3.05, 3.63) is 23.8 Å². The first-order valence-electron chi connectivity index (χ1n) is 11.0. The molecule has 0 aliphatic carbocycles. The van der Waals surface area contributed by atoms with Gasteiger partial charge >= 0.3 is 24.2 Å². The highest BCUT2D eigenvalue weighted by Gasteiger charge is 2.36. The van der Waals surface area contributed by atoms with Crippen LogP contribution in [0, 0.1) is 5.92 Å². The second-order valence-electron chi connectivity index (χ2n) is 7.40. The maximum Gasteiger partial charge on any atom is 0.513 e. The van der Waals surface area contributed by atoms with E-state index in [2.05, 4.69) is 0 Å². The van der Waals surface area contributed by atoms with Crippen molar-refractivity contribution in [3.63, 3.8) is 0 Å². The van der Waals surface area contributed by atoms with Gasteiger partial charge in [-0.3, -0.25) is 9.59 Å². The molecule has 1 unspecified atom stereocenters. The molecule has 1 aromatic carbocycles. The van der Waals surface area contributed by atoms with Crippen molar-refractivity contribution in [2.75, 3.05) is 26.9 Å². The molecule has 0 radical (unpaired) electrons. The van der Waals surface area contributed by atoms with E-state index in [0.29, 0.717) is 12.0 Å². The first-order valence-corrected chi connectivity index (χ1v) is 11.0. The van der Waals surface area contributed by atoms with Crippen LogP contribution in [0.25, 0.3) is 0 Å². The number of nitrogens with two attached hydrogens (primary N) is 1. The average molecular weight is 484 g/mol. The lowest BCUT2D eigenvalue weighted by atomic mass is 9.88. The zero-order valence-electron chi connectivity index (χ0n) is 20.2. The molecule has 0 saturated heterocycles. The summed E-state index contributed by atoms with van der Waals surface area (Å²) in [6.07, 6.45) is -1.46. The predicted molar refractivity (Wildman–Crippen MR) is 119 cm³/mol. The molecule has 0 aromatic heterocycles. The summed E-state index contributed by atoms with van der Waals surface area (Å²) in [6, 6.07) is 4.27. The largest absolute Gasteiger partial charge is 0.513 e. The topological polar surface area (TPSA) is 150 Å². The summed E-state index contributed by atoms with van der Waals surface area (Å²) in [5, 5.41) is 0. The molecule has 0 aliphatic heterocycles. The van der Waals surface area contributed by atoms with Gasteiger partial charge in [0.25, 0.3) is 0 Å². The number of hydrogen-bond donors (Lipinski definition) is 1. The van der Waals surface area contributed by atoms with Gasteiger partial charge in [0.2, 0.25) is 0 Å². The highest BCUT2D eigenvalue weighted by molar-refractivity contribution is 5.81. The van der Waals surface area contributed by atoms with Crippen LogP contribution in [-0.4, -0.2) is 56.7 Å². The summed E-state index contributed by atoms with van der Waals surface area (Å²) >= 11 is 0. The quantitative estimate of drug-likeness (QED) is 0.265. The first-order chi connectivity index (χ1) is 16.1. The van der Waals surface area contributed by atoms with Crippen molar-refractivity contribution >= 4 is 24.2 Å². The van der Waals surface area contributed by atoms with Gasteiger partial charge in [0, 0.05) is 12.8 Å². The van der Waals surface area contributed by atoms with Crippen molar-refractivity contribution < 1.29 is 47.6 Å². The number of carbonyl (C=O) groups excluding carboxylic acids is 4. The molecule has 11 nitrogen and oxygen atoms in total. The Morgan fingerprint density at radius 2 is 1.53 bits per heavy atom. The SMILES string of the molecule is CCOC(=O)Oc1ccc(C[C@](N)(CCOC(=O)C(C)CC)C(=O)OC)cc1OC(=O)OCC. The molecule has 2 atom stereocenters. The van der Waals surface area contributed by atoms with Gasteiger partial charge in [-0.2, -0.15) is 0 Å². The van der Waals surface area contributed by atoms with Crippen LogP contribution in [0.3, 0.4) is 0 Å². The lowest BCUT2D eigenvalue weighted by molar-refractivity contribution is -0.153. The van der Waals surface area contributed by atoms with E-state index < -0.39 is 23.8 Å². The molecule has 1 rings (SSSR count). The molecule has 0 heterocycles. The molecule has 34 heavy (non-hydrogen) atoms. The van der Waals surface area contributed by atoms with Gasteiger partial charge < -0.3 is 34.2 Å². The minimum atomic E-state index is -1.55. The van der Waals surface area contributed by atoms with Gasteiger partial charge in [0.05, 0.1) is 32.8 Å². The summed E-state index contributed by atoms with van der Waals surface area (Å²) in [7, 11) is 1.20. The van der Waals surface area contributed by atoms with E-state index in [-0.39, 0.29) is 56.0 Å². The van der Waals surface area contributed by atoms with Gasteiger partial charge in [-0.25, -0.2) is 9.59 Å². The first kappa shape index (κ1) is 28.7. The van der Waals surface area contributed by atoms with Crippen molar-refractivity contribution in [3.8, 4) is 11.5 Å². The smallest absolute Gasteiger partial charge is 0.468 e. The molecule has 11 heteroatoms. The van der Waals surface area contributed by atoms with Gasteiger partial charge in [-0.15, -0.1) is 0 Å². The number of esters is 2. The van der Waals surface area contributed by atoms with E-state index in [1.807, 2.05) is 6.92 Å². The monoisotopic (exact) mass is 483 g/mol. The molecule has 0 spiro atoms. The highest BCUT2D eigenvalue weighted by Crippen LogP contribution is 2.31. The molecule has 1 aromatic rings. The predicted octanol–water partition coefficient (Wildman–Crippen LogP) is 3.15. The Morgan fingerprint density at radius 3 is 2.06 bits per heavy atom. The summed E-state index contributed by atoms with van der Waals surface area (Å²) in [6.45, 7) is 6.86. The third-order valence-corrected chi connectivity index (χ3v) is 4.84. The normalized spacial score (nSPS) is 13.1. The average Bonchev–Trinajstić information content (AvgIpc) is 2.79. The Bertz CT molecular complexity index is 856. The number of benzene rings is 1. The summed E-state index contributed by atoms with van der Waals surface area (Å²) in [5.74, 6) is -1.62. The number of methoxy groups -OCH3 is 1. The van der Waals surface area contributed by atoms with Crippen LogP contribution < -0.4 is 15.2 Å². The van der Waals surface area contributed by atoms with Crippen LogP contribution in [-0.2, 0) is 35.0 Å². The molecular formula is C23H33NO10. The van der Waals surface area contributed by atoms with Gasteiger partial charge in [0.1, 0.15) is 5.54 Å². The van der Waals surface area contributed by atoms with Gasteiger partial charge in [-0.05, 0) is 38.0 Å². The van der Waals surface area contributed by atoms with Crippen LogP contribution in [0.2, 0.25) is 0 Å². The van der Waals surface area contributed by atoms with Crippen LogP contribution in [0.5, 0.6) is 11.5 Å². The Balaban J connectivity index is 3.13. The molecule has 2 N–H and O–H groups in total. The number of rotatable bonds is 12. The zero-order chi connectivity index (χ0) is 25.7. The lowest BCUT2D eigenvalue weighted by Gasteiger charge is -2.27. The van der Waals surface area contributed by atoms with E-state index in [1.165, 1.54) is 25.3 Å². The minimum Gasteiger partial charge on any atom is -0.468 e. The molecule has 0 saturated carbocycles. The Hall–Kier alpha value is -3.34. The summed E-state index contributed by atoms with van der Waals surface area (Å²) in [4.78, 5) is 48.0. The Kier molecular flexibility index (Phi) is 11.8. The van der Waals surface area contributed by atoms with Gasteiger partial charge in [0.15, 0.2) is 11.5 Å². The van der Waals surface area contributed by atoms with E-state index >= 15 is 0 Å². The maximum atomic E-state index is 12.5. The van der Waals surface area contributed by atoms with Crippen LogP contribution in [0.15, 0.2) is 18.2 Å². The van der Waals surface area contributed by atoms with Crippen molar-refractivity contribution in [1.82, 2.24) is 0 Å². The molecule has 0 fully saturated rings. The lowest BCUT2D eigenvalue weighted by Crippen LogP contribution is -2.51. The second kappa shape index (κ2) is 14.0. The van der Waals surface area contributed by atoms with E-state index in [1.54, 1.807) is 20.8 Å². The summed E-state index contributed by atoms with van der Waals surface area (Å²) in [5.41, 5.74) is 5.24. The van der Waals surface area contributed by atoms with Gasteiger partial charge in [-0.1, -0.05) is 19.9 Å². The van der Waals surface area contributed by atoms with Crippen molar-refractivity contribution in [2.24, 2.45) is 11.7 Å². The third-order valence-electron chi connectivity index (χ3n) is 4.84. The van der Waals surface area contributed by atoms with E-state index in [0.717, 1.165) is 0 Å². The molecule has 0 amide bonds. The Labute approximate surface area is 198 Å². The molecule has 190 valence electrons. The van der Waals surface area contributed by atoms with Crippen molar-refractivity contribution in [1.29, 1.82) is 0 Å². The molecule has 0 aliphatic rings. The fourth-order valence-electron chi connectivity index (χ4n) is 2.77. The highest BCUT2D eigenvalue weighted by atomic mass is 16.7. The van der Waals surface area contributed by atoms with Crippen LogP contribution in [0.4, 0.5) is 9.59 Å². The summed E-state index contributed by atoms with van der Waals surface area (Å²) < 4.78 is 29.8. The van der Waals surface area contributed by atoms with Crippen LogP contribution in [0.1, 0.15) is 46.1 Å². The Morgan fingerprint density at radius 1 is 0.941 bits per heavy atom. The minimum absolute atomic E-state index is 0.0169. The third kappa shape index (κ3) is 8.89. The second-order valence-corrected chi connectivity index (χ2v) is 7.40. The number of hydrogen-bond acceptors (Lipinski definition) is 11. The van der Waals surface area contributed by atoms with Crippen LogP contribution >= 0.6 is 0 Å². The van der Waals surface area contributed by atoms with E-state index in [4.69, 9.17) is 34.2 Å². The fraction of sp³-hybridized carbons (Fsp3) is 0.565. The zero-order valence-corrected chi connectivity index (χ0v) is 20.2. The molecule has 0 bridgehead atoms. The standard InChI is InChI=1S/C23H33NO10/c1-6-15(4)19(25)32-12-11-23(24,20(26)29-5)14-16-9-10-17(33-21(27)30-7-2)18(13-16)34-22(28)31-8-3/h9-10,13,15H,6-8,11-12,14,24H2,1-5H3/t15?,23-/m1/s1. The van der Waals surface area contributed by atoms with E-state index in [9.17, 15) is 19.2 Å². The maximum absolute atomic E-state index is 12.5. The number of ether oxygens (including phenoxy) is 6. The number of carbonyl (C=O) groups is 4.